The maximum absolute atomic E-state index is 12.0. The van der Waals surface area contributed by atoms with Gasteiger partial charge in [-0.2, -0.15) is 0 Å². The molecule has 1 aromatic rings. The van der Waals surface area contributed by atoms with Crippen molar-refractivity contribution in [3.63, 3.8) is 0 Å². The lowest BCUT2D eigenvalue weighted by Crippen LogP contribution is -2.33. The Morgan fingerprint density at radius 3 is 2.67 bits per heavy atom. The van der Waals surface area contributed by atoms with Crippen molar-refractivity contribution in [1.82, 2.24) is 4.90 Å². The van der Waals surface area contributed by atoms with Gasteiger partial charge in [-0.3, -0.25) is 9.59 Å². The van der Waals surface area contributed by atoms with Crippen LogP contribution in [0.25, 0.3) is 0 Å². The average molecular weight is 271 g/mol. The molecule has 1 aromatic carbocycles. The number of hydrogen-bond donors (Lipinski definition) is 1. The van der Waals surface area contributed by atoms with Crippen molar-refractivity contribution >= 4 is 29.2 Å². The first kappa shape index (κ1) is 14.3. The zero-order valence-electron chi connectivity index (χ0n) is 10.3. The molecular weight excluding hydrogens is 256 g/mol. The van der Waals surface area contributed by atoms with Crippen molar-refractivity contribution in [2.24, 2.45) is 0 Å². The van der Waals surface area contributed by atoms with Crippen LogP contribution in [0.3, 0.4) is 0 Å². The first-order chi connectivity index (χ1) is 8.45. The summed E-state index contributed by atoms with van der Waals surface area (Å²) in [6.07, 6.45) is 0. The molecule has 0 saturated heterocycles. The van der Waals surface area contributed by atoms with Gasteiger partial charge in [-0.25, -0.2) is 0 Å². The van der Waals surface area contributed by atoms with Crippen molar-refractivity contribution in [1.29, 1.82) is 0 Å². The summed E-state index contributed by atoms with van der Waals surface area (Å²) in [7, 11) is 1.51. The van der Waals surface area contributed by atoms with Gasteiger partial charge in [0.2, 0.25) is 0 Å². The molecule has 18 heavy (non-hydrogen) atoms. The van der Waals surface area contributed by atoms with Gasteiger partial charge < -0.3 is 15.4 Å². The van der Waals surface area contributed by atoms with Crippen LogP contribution in [0.4, 0.5) is 5.69 Å². The minimum atomic E-state index is -0.458. The van der Waals surface area contributed by atoms with E-state index in [1.165, 1.54) is 24.1 Å². The average Bonchev–Trinajstić information content (AvgIpc) is 2.28. The molecule has 0 saturated carbocycles. The number of amides is 1. The van der Waals surface area contributed by atoms with Gasteiger partial charge in [0.05, 0.1) is 17.2 Å². The number of ether oxygens (including phenoxy) is 1. The van der Waals surface area contributed by atoms with Gasteiger partial charge in [0, 0.05) is 12.7 Å². The fraction of sp³-hybridized carbons (Fsp3) is 0.333. The van der Waals surface area contributed by atoms with Crippen LogP contribution in [0, 0.1) is 0 Å². The normalized spacial score (nSPS) is 9.94. The predicted octanol–water partition coefficient (Wildman–Crippen LogP) is 1.56. The lowest BCUT2D eigenvalue weighted by molar-refractivity contribution is -0.143. The van der Waals surface area contributed by atoms with Crippen molar-refractivity contribution in [3.8, 4) is 0 Å². The van der Waals surface area contributed by atoms with E-state index in [0.29, 0.717) is 11.3 Å². The van der Waals surface area contributed by atoms with Crippen molar-refractivity contribution in [3.05, 3.63) is 28.8 Å². The molecule has 0 aliphatic heterocycles. The number of carbonyl (C=O) groups is 2. The Labute approximate surface area is 110 Å². The second-order valence-corrected chi connectivity index (χ2v) is 4.11. The van der Waals surface area contributed by atoms with E-state index in [0.717, 1.165) is 0 Å². The van der Waals surface area contributed by atoms with Gasteiger partial charge in [-0.05, 0) is 25.1 Å². The highest BCUT2D eigenvalue weighted by Gasteiger charge is 2.17. The fourth-order valence-corrected chi connectivity index (χ4v) is 1.65. The number of anilines is 1. The van der Waals surface area contributed by atoms with Gasteiger partial charge >= 0.3 is 5.97 Å². The Hall–Kier alpha value is -1.75. The molecule has 0 aliphatic rings. The molecule has 5 nitrogen and oxygen atoms in total. The van der Waals surface area contributed by atoms with E-state index in [-0.39, 0.29) is 24.1 Å². The third-order valence-corrected chi connectivity index (χ3v) is 2.55. The number of carbonyl (C=O) groups excluding carboxylic acids is 2. The summed E-state index contributed by atoms with van der Waals surface area (Å²) in [6, 6.07) is 4.60. The Morgan fingerprint density at radius 1 is 1.44 bits per heavy atom. The molecule has 1 amide bonds. The molecule has 6 heteroatoms. The summed E-state index contributed by atoms with van der Waals surface area (Å²) in [5.74, 6) is -0.812. The number of nitrogens with zero attached hydrogens (tertiary/aromatic N) is 1. The molecule has 0 atom stereocenters. The van der Waals surface area contributed by atoms with Crippen molar-refractivity contribution in [2.45, 2.75) is 6.92 Å². The summed E-state index contributed by atoms with van der Waals surface area (Å²) in [5, 5.41) is 0.260. The smallest absolute Gasteiger partial charge is 0.325 e. The number of benzene rings is 1. The monoisotopic (exact) mass is 270 g/mol. The second-order valence-electron chi connectivity index (χ2n) is 3.71. The molecule has 0 bridgehead atoms. The molecule has 0 radical (unpaired) electrons. The van der Waals surface area contributed by atoms with Crippen LogP contribution in [0.2, 0.25) is 5.02 Å². The molecule has 0 heterocycles. The molecule has 0 unspecified atom stereocenters. The summed E-state index contributed by atoms with van der Waals surface area (Å²) in [4.78, 5) is 24.5. The molecule has 0 aromatic heterocycles. The number of rotatable bonds is 4. The van der Waals surface area contributed by atoms with Crippen LogP contribution in [0.1, 0.15) is 17.3 Å². The zero-order chi connectivity index (χ0) is 13.7. The first-order valence-corrected chi connectivity index (χ1v) is 5.79. The molecule has 2 N–H and O–H groups in total. The lowest BCUT2D eigenvalue weighted by atomic mass is 10.2. The van der Waals surface area contributed by atoms with E-state index in [4.69, 9.17) is 22.1 Å². The van der Waals surface area contributed by atoms with Gasteiger partial charge in [-0.1, -0.05) is 11.6 Å². The highest BCUT2D eigenvalue weighted by Crippen LogP contribution is 2.20. The van der Waals surface area contributed by atoms with E-state index in [9.17, 15) is 9.59 Å². The molecule has 0 aliphatic carbocycles. The van der Waals surface area contributed by atoms with Crippen LogP contribution in [-0.2, 0) is 9.53 Å². The van der Waals surface area contributed by atoms with Gasteiger partial charge in [0.25, 0.3) is 5.91 Å². The summed E-state index contributed by atoms with van der Waals surface area (Å²) >= 11 is 5.92. The third kappa shape index (κ3) is 3.63. The van der Waals surface area contributed by atoms with E-state index >= 15 is 0 Å². The molecule has 0 spiro atoms. The second kappa shape index (κ2) is 6.26. The Kier molecular flexibility index (Phi) is 4.97. The Morgan fingerprint density at radius 2 is 2.11 bits per heavy atom. The van der Waals surface area contributed by atoms with Crippen LogP contribution in [-0.4, -0.2) is 37.0 Å². The maximum atomic E-state index is 12.0. The van der Waals surface area contributed by atoms with E-state index in [2.05, 4.69) is 0 Å². The maximum Gasteiger partial charge on any atom is 0.325 e. The molecule has 0 fully saturated rings. The molecule has 98 valence electrons. The minimum absolute atomic E-state index is 0.118. The Balaban J connectivity index is 2.77. The third-order valence-electron chi connectivity index (χ3n) is 2.24. The van der Waals surface area contributed by atoms with E-state index < -0.39 is 5.97 Å². The number of halogens is 1. The van der Waals surface area contributed by atoms with Crippen LogP contribution >= 0.6 is 11.6 Å². The van der Waals surface area contributed by atoms with Crippen LogP contribution in [0.5, 0.6) is 0 Å². The number of nitrogens with two attached hydrogens (primary N) is 1. The zero-order valence-corrected chi connectivity index (χ0v) is 11.0. The highest BCUT2D eigenvalue weighted by molar-refractivity contribution is 6.34. The number of esters is 1. The summed E-state index contributed by atoms with van der Waals surface area (Å²) < 4.78 is 4.76. The summed E-state index contributed by atoms with van der Waals surface area (Å²) in [5.41, 5.74) is 6.32. The molecular formula is C12H15ClN2O3. The standard InChI is InChI=1S/C12H15ClN2O3/c1-3-18-11(16)7-15(2)12(17)9-5-4-8(14)6-10(9)13/h4-6H,3,7,14H2,1-2H3. The van der Waals surface area contributed by atoms with E-state index in [1.807, 2.05) is 0 Å². The van der Waals surface area contributed by atoms with Crippen LogP contribution in [0.15, 0.2) is 18.2 Å². The van der Waals surface area contributed by atoms with Gasteiger partial charge in [0.15, 0.2) is 0 Å². The predicted molar refractivity (Wildman–Crippen MR) is 69.5 cm³/mol. The first-order valence-electron chi connectivity index (χ1n) is 5.41. The lowest BCUT2D eigenvalue weighted by Gasteiger charge is -2.16. The SMILES string of the molecule is CCOC(=O)CN(C)C(=O)c1ccc(N)cc1Cl. The fourth-order valence-electron chi connectivity index (χ4n) is 1.38. The summed E-state index contributed by atoms with van der Waals surface area (Å²) in [6.45, 7) is 1.87. The number of nitrogen functional groups attached to an aromatic ring is 1. The largest absolute Gasteiger partial charge is 0.465 e. The quantitative estimate of drug-likeness (QED) is 0.666. The van der Waals surface area contributed by atoms with E-state index in [1.54, 1.807) is 13.0 Å². The topological polar surface area (TPSA) is 72.6 Å². The van der Waals surface area contributed by atoms with Crippen molar-refractivity contribution in [2.75, 3.05) is 25.9 Å². The van der Waals surface area contributed by atoms with Gasteiger partial charge in [0.1, 0.15) is 6.54 Å². The number of hydrogen-bond acceptors (Lipinski definition) is 4. The van der Waals surface area contributed by atoms with Crippen LogP contribution < -0.4 is 5.73 Å². The highest BCUT2D eigenvalue weighted by atomic mass is 35.5. The minimum Gasteiger partial charge on any atom is -0.465 e. The molecule has 1 rings (SSSR count). The Bertz CT molecular complexity index is 463. The number of likely N-dealkylation sites (N-methyl/N-ethyl adjacent to an activating group) is 1. The van der Waals surface area contributed by atoms with Gasteiger partial charge in [-0.15, -0.1) is 0 Å². The van der Waals surface area contributed by atoms with Crippen molar-refractivity contribution < 1.29 is 14.3 Å².